The number of urea groups is 1. The summed E-state index contributed by atoms with van der Waals surface area (Å²) in [6, 6.07) is 12.5. The van der Waals surface area contributed by atoms with E-state index < -0.39 is 6.10 Å². The average Bonchev–Trinajstić information content (AvgIpc) is 3.07. The zero-order chi connectivity index (χ0) is 16.5. The molecule has 5 nitrogen and oxygen atoms in total. The molecule has 1 aromatic heterocycles. The lowest BCUT2D eigenvalue weighted by Gasteiger charge is -2.16. The fraction of sp³-hybridized carbons (Fsp3) is 0.278. The Morgan fingerprint density at radius 3 is 2.74 bits per heavy atom. The van der Waals surface area contributed by atoms with Gasteiger partial charge in [-0.05, 0) is 31.2 Å². The molecule has 0 fully saturated rings. The number of carbonyl (C=O) groups is 1. The molecule has 0 radical (unpaired) electrons. The van der Waals surface area contributed by atoms with E-state index in [9.17, 15) is 9.90 Å². The molecule has 0 aliphatic heterocycles. The summed E-state index contributed by atoms with van der Waals surface area (Å²) < 4.78 is 5.13. The Hall–Kier alpha value is -2.71. The van der Waals surface area contributed by atoms with Crippen molar-refractivity contribution in [1.29, 1.82) is 0 Å². The summed E-state index contributed by atoms with van der Waals surface area (Å²) in [7, 11) is 0. The maximum atomic E-state index is 11.7. The number of rotatable bonds is 5. The van der Waals surface area contributed by atoms with Crippen LogP contribution in [-0.2, 0) is 0 Å². The summed E-state index contributed by atoms with van der Waals surface area (Å²) in [6.07, 6.45) is 1.14. The van der Waals surface area contributed by atoms with Crippen molar-refractivity contribution >= 4 is 6.03 Å². The lowest BCUT2D eigenvalue weighted by atomic mass is 10.1. The Kier molecular flexibility index (Phi) is 6.28. The van der Waals surface area contributed by atoms with Gasteiger partial charge >= 0.3 is 6.03 Å². The average molecular weight is 312 g/mol. The van der Waals surface area contributed by atoms with E-state index >= 15 is 0 Å². The molecule has 2 aromatic rings. The molecule has 0 spiro atoms. The number of aliphatic hydroxyl groups is 1. The van der Waals surface area contributed by atoms with Crippen LogP contribution in [-0.4, -0.2) is 23.7 Å². The van der Waals surface area contributed by atoms with Gasteiger partial charge in [0.25, 0.3) is 0 Å². The van der Waals surface area contributed by atoms with E-state index in [0.29, 0.717) is 12.2 Å². The third kappa shape index (κ3) is 5.89. The van der Waals surface area contributed by atoms with Crippen molar-refractivity contribution in [2.45, 2.75) is 25.5 Å². The monoisotopic (exact) mass is 312 g/mol. The maximum Gasteiger partial charge on any atom is 0.315 e. The predicted molar refractivity (Wildman–Crippen MR) is 87.6 cm³/mol. The van der Waals surface area contributed by atoms with Gasteiger partial charge in [-0.3, -0.25) is 0 Å². The molecule has 0 aliphatic carbocycles. The molecule has 0 saturated heterocycles. The normalized spacial score (nSPS) is 12.6. The van der Waals surface area contributed by atoms with Crippen LogP contribution in [0.2, 0.25) is 0 Å². The first-order valence-electron chi connectivity index (χ1n) is 7.45. The molecule has 1 aromatic carbocycles. The largest absolute Gasteiger partial charge is 0.467 e. The number of carbonyl (C=O) groups excluding carboxylic acids is 1. The summed E-state index contributed by atoms with van der Waals surface area (Å²) >= 11 is 0. The molecule has 2 rings (SSSR count). The Bertz CT molecular complexity index is 657. The third-order valence-electron chi connectivity index (χ3n) is 3.17. The highest BCUT2D eigenvalue weighted by Gasteiger charge is 2.15. The number of furan rings is 1. The Labute approximate surface area is 135 Å². The van der Waals surface area contributed by atoms with Crippen molar-refractivity contribution < 1.29 is 14.3 Å². The topological polar surface area (TPSA) is 74.5 Å². The van der Waals surface area contributed by atoms with Crippen molar-refractivity contribution in [3.05, 3.63) is 60.1 Å². The van der Waals surface area contributed by atoms with Gasteiger partial charge in [-0.25, -0.2) is 4.79 Å². The summed E-state index contributed by atoms with van der Waals surface area (Å²) in [4.78, 5) is 11.7. The van der Waals surface area contributed by atoms with Crippen molar-refractivity contribution in [2.75, 3.05) is 6.54 Å². The van der Waals surface area contributed by atoms with Crippen LogP contribution >= 0.6 is 0 Å². The van der Waals surface area contributed by atoms with E-state index in [0.717, 1.165) is 5.56 Å². The molecule has 0 aliphatic rings. The van der Waals surface area contributed by atoms with E-state index in [-0.39, 0.29) is 18.6 Å². The first-order valence-corrected chi connectivity index (χ1v) is 7.45. The van der Waals surface area contributed by atoms with Crippen LogP contribution in [0.25, 0.3) is 0 Å². The first-order chi connectivity index (χ1) is 11.1. The SMILES string of the molecule is C[C@@H](C[C@H](O)c1ccco1)NC(=O)NCC#Cc1ccccc1. The Balaban J connectivity index is 1.69. The second-order valence-corrected chi connectivity index (χ2v) is 5.16. The summed E-state index contributed by atoms with van der Waals surface area (Å²) in [6.45, 7) is 2.08. The lowest BCUT2D eigenvalue weighted by molar-refractivity contribution is 0.129. The van der Waals surface area contributed by atoms with Crippen LogP contribution in [0.4, 0.5) is 4.79 Å². The predicted octanol–water partition coefficient (Wildman–Crippen LogP) is 2.44. The number of hydrogen-bond donors (Lipinski definition) is 3. The van der Waals surface area contributed by atoms with Gasteiger partial charge in [-0.15, -0.1) is 0 Å². The number of benzene rings is 1. The van der Waals surface area contributed by atoms with E-state index in [1.807, 2.05) is 37.3 Å². The number of aliphatic hydroxyl groups excluding tert-OH is 1. The van der Waals surface area contributed by atoms with Crippen molar-refractivity contribution in [3.63, 3.8) is 0 Å². The summed E-state index contributed by atoms with van der Waals surface area (Å²) in [5.74, 6) is 6.34. The maximum absolute atomic E-state index is 11.7. The van der Waals surface area contributed by atoms with Crippen molar-refractivity contribution in [1.82, 2.24) is 10.6 Å². The van der Waals surface area contributed by atoms with Gasteiger partial charge in [-0.1, -0.05) is 30.0 Å². The highest BCUT2D eigenvalue weighted by molar-refractivity contribution is 5.74. The standard InChI is InChI=1S/C18H20N2O3/c1-14(13-16(21)17-10-6-12-23-17)20-18(22)19-11-5-9-15-7-3-2-4-8-15/h2-4,6-8,10,12,14,16,21H,11,13H2,1H3,(H2,19,20,22)/t14-,16-/m0/s1. The van der Waals surface area contributed by atoms with E-state index in [4.69, 9.17) is 4.42 Å². The molecule has 23 heavy (non-hydrogen) atoms. The lowest BCUT2D eigenvalue weighted by Crippen LogP contribution is -2.41. The zero-order valence-corrected chi connectivity index (χ0v) is 13.0. The highest BCUT2D eigenvalue weighted by Crippen LogP contribution is 2.18. The Morgan fingerprint density at radius 1 is 1.26 bits per heavy atom. The van der Waals surface area contributed by atoms with Crippen LogP contribution in [0.1, 0.15) is 30.8 Å². The minimum absolute atomic E-state index is 0.197. The van der Waals surface area contributed by atoms with Gasteiger partial charge in [0.05, 0.1) is 12.8 Å². The Morgan fingerprint density at radius 2 is 2.04 bits per heavy atom. The zero-order valence-electron chi connectivity index (χ0n) is 13.0. The molecule has 2 amide bonds. The van der Waals surface area contributed by atoms with E-state index in [1.165, 1.54) is 6.26 Å². The number of nitrogens with one attached hydrogen (secondary N) is 2. The van der Waals surface area contributed by atoms with Crippen LogP contribution in [0.5, 0.6) is 0 Å². The molecule has 120 valence electrons. The number of hydrogen-bond acceptors (Lipinski definition) is 3. The van der Waals surface area contributed by atoms with E-state index in [2.05, 4.69) is 22.5 Å². The van der Waals surface area contributed by atoms with Crippen LogP contribution in [0.3, 0.4) is 0 Å². The van der Waals surface area contributed by atoms with Crippen molar-refractivity contribution in [2.24, 2.45) is 0 Å². The van der Waals surface area contributed by atoms with Gasteiger partial charge in [0.2, 0.25) is 0 Å². The molecule has 3 N–H and O–H groups in total. The summed E-state index contributed by atoms with van der Waals surface area (Å²) in [5, 5.41) is 15.4. The minimum atomic E-state index is -0.738. The highest BCUT2D eigenvalue weighted by atomic mass is 16.4. The molecule has 2 atom stereocenters. The van der Waals surface area contributed by atoms with Crippen molar-refractivity contribution in [3.8, 4) is 11.8 Å². The first kappa shape index (κ1) is 16.7. The van der Waals surface area contributed by atoms with Gasteiger partial charge in [-0.2, -0.15) is 0 Å². The van der Waals surface area contributed by atoms with Gasteiger partial charge < -0.3 is 20.2 Å². The molecular weight excluding hydrogens is 292 g/mol. The summed E-state index contributed by atoms with van der Waals surface area (Å²) in [5.41, 5.74) is 0.907. The second-order valence-electron chi connectivity index (χ2n) is 5.16. The number of amides is 2. The van der Waals surface area contributed by atoms with Gasteiger partial charge in [0.15, 0.2) is 0 Å². The minimum Gasteiger partial charge on any atom is -0.467 e. The van der Waals surface area contributed by atoms with Gasteiger partial charge in [0, 0.05) is 18.0 Å². The van der Waals surface area contributed by atoms with Crippen LogP contribution in [0, 0.1) is 11.8 Å². The molecule has 5 heteroatoms. The quantitative estimate of drug-likeness (QED) is 0.742. The molecular formula is C18H20N2O3. The van der Waals surface area contributed by atoms with E-state index in [1.54, 1.807) is 12.1 Å². The smallest absolute Gasteiger partial charge is 0.315 e. The van der Waals surface area contributed by atoms with Crippen LogP contribution < -0.4 is 10.6 Å². The fourth-order valence-electron chi connectivity index (χ4n) is 2.06. The molecule has 1 heterocycles. The van der Waals surface area contributed by atoms with Crippen LogP contribution in [0.15, 0.2) is 53.1 Å². The fourth-order valence-corrected chi connectivity index (χ4v) is 2.06. The molecule has 0 unspecified atom stereocenters. The van der Waals surface area contributed by atoms with Gasteiger partial charge in [0.1, 0.15) is 11.9 Å². The third-order valence-corrected chi connectivity index (χ3v) is 3.17. The molecule has 0 bridgehead atoms. The molecule has 0 saturated carbocycles. The second kappa shape index (κ2) is 8.66.